The van der Waals surface area contributed by atoms with Crippen LogP contribution in [0.2, 0.25) is 0 Å². The first-order chi connectivity index (χ1) is 13.8. The van der Waals surface area contributed by atoms with E-state index in [1.54, 1.807) is 0 Å². The summed E-state index contributed by atoms with van der Waals surface area (Å²) in [7, 11) is 0. The maximum atomic E-state index is 3.43. The van der Waals surface area contributed by atoms with E-state index < -0.39 is 0 Å². The van der Waals surface area contributed by atoms with Crippen LogP contribution in [0, 0.1) is 20.9 Å². The maximum absolute atomic E-state index is 3.43. The molecule has 0 aliphatic heterocycles. The first-order valence-corrected chi connectivity index (χ1v) is 10.6. The predicted molar refractivity (Wildman–Crippen MR) is 134 cm³/mol. The number of hydrogen-bond acceptors (Lipinski definition) is 0. The van der Waals surface area contributed by atoms with Gasteiger partial charge in [0.2, 0.25) is 0 Å². The van der Waals surface area contributed by atoms with Crippen LogP contribution >= 0.6 is 0 Å². The number of benzene rings is 3. The van der Waals surface area contributed by atoms with Crippen molar-refractivity contribution in [2.45, 2.75) is 45.4 Å². The minimum atomic E-state index is 0. The molecule has 0 heterocycles. The number of fused-ring (bicyclic) bond motifs is 4. The van der Waals surface area contributed by atoms with Crippen molar-refractivity contribution in [1.29, 1.82) is 0 Å². The van der Waals surface area contributed by atoms with Crippen LogP contribution in [0.25, 0.3) is 21.9 Å². The summed E-state index contributed by atoms with van der Waals surface area (Å²) in [6.45, 7) is 4.47. The molecule has 0 spiro atoms. The molecule has 1 atom stereocenters. The zero-order chi connectivity index (χ0) is 19.3. The van der Waals surface area contributed by atoms with Crippen LogP contribution < -0.4 is 0 Å². The van der Waals surface area contributed by atoms with Crippen LogP contribution in [0.3, 0.4) is 0 Å². The van der Waals surface area contributed by atoms with Gasteiger partial charge >= 0.3 is 25.8 Å². The Morgan fingerprint density at radius 3 is 2.29 bits per heavy atom. The molecule has 0 saturated heterocycles. The van der Waals surface area contributed by atoms with Crippen molar-refractivity contribution in [3.63, 3.8) is 0 Å². The van der Waals surface area contributed by atoms with E-state index in [4.69, 9.17) is 0 Å². The van der Waals surface area contributed by atoms with Crippen molar-refractivity contribution < 1.29 is 25.8 Å². The predicted octanol–water partition coefficient (Wildman–Crippen LogP) is 8.81. The summed E-state index contributed by atoms with van der Waals surface area (Å²) < 4.78 is 0. The summed E-state index contributed by atoms with van der Waals surface area (Å²) in [6.07, 6.45) is 4.89. The van der Waals surface area contributed by atoms with Crippen molar-refractivity contribution in [2.75, 3.05) is 0 Å². The molecule has 1 heteroatoms. The summed E-state index contributed by atoms with van der Waals surface area (Å²) in [6, 6.07) is 31.7. The van der Waals surface area contributed by atoms with Crippen LogP contribution in [0.4, 0.5) is 0 Å². The molecule has 31 heavy (non-hydrogen) atoms. The van der Waals surface area contributed by atoms with E-state index >= 15 is 0 Å². The van der Waals surface area contributed by atoms with Gasteiger partial charge in [-0.05, 0) is 24.3 Å². The van der Waals surface area contributed by atoms with Crippen molar-refractivity contribution in [3.8, 4) is 11.1 Å². The molecule has 1 aliphatic carbocycles. The first kappa shape index (κ1) is 27.2. The van der Waals surface area contributed by atoms with Gasteiger partial charge in [-0.3, -0.25) is 0 Å². The van der Waals surface area contributed by atoms with Gasteiger partial charge in [0.05, 0.1) is 0 Å². The fourth-order valence-corrected chi connectivity index (χ4v) is 4.41. The van der Waals surface area contributed by atoms with Crippen LogP contribution in [0.5, 0.6) is 0 Å². The Kier molecular flexibility index (Phi) is 11.3. The second-order valence-electron chi connectivity index (χ2n) is 7.67. The molecule has 0 radical (unpaired) electrons. The van der Waals surface area contributed by atoms with Crippen molar-refractivity contribution in [2.24, 2.45) is 0 Å². The SMILES string of the molecule is CCCC1c2[c-]cccc2-c2ccccc21.CCCc1cc2ccccc2[cH-]1.[CH3-].[CH3-].[Hf+4]. The van der Waals surface area contributed by atoms with Crippen LogP contribution in [0.15, 0.2) is 78.9 Å². The number of aryl methyl sites for hydroxylation is 1. The maximum Gasteiger partial charge on any atom is 4.00 e. The third-order valence-corrected chi connectivity index (χ3v) is 5.66. The van der Waals surface area contributed by atoms with E-state index in [0.29, 0.717) is 5.92 Å². The fraction of sp³-hybridized carbons (Fsp3) is 0.233. The van der Waals surface area contributed by atoms with Gasteiger partial charge in [-0.1, -0.05) is 62.6 Å². The van der Waals surface area contributed by atoms with E-state index in [-0.39, 0.29) is 40.7 Å². The Morgan fingerprint density at radius 2 is 1.55 bits per heavy atom. The summed E-state index contributed by atoms with van der Waals surface area (Å²) in [4.78, 5) is 0. The van der Waals surface area contributed by atoms with Gasteiger partial charge in [0.15, 0.2) is 0 Å². The quantitative estimate of drug-likeness (QED) is 0.169. The van der Waals surface area contributed by atoms with Crippen LogP contribution in [-0.2, 0) is 32.3 Å². The minimum Gasteiger partial charge on any atom is -0.358 e. The molecule has 0 N–H and O–H groups in total. The summed E-state index contributed by atoms with van der Waals surface area (Å²) >= 11 is 0. The molecule has 0 saturated carbocycles. The van der Waals surface area contributed by atoms with Crippen LogP contribution in [0.1, 0.15) is 55.7 Å². The molecule has 4 aromatic rings. The Balaban J connectivity index is 0.000000292. The molecule has 0 fully saturated rings. The van der Waals surface area contributed by atoms with E-state index in [1.807, 2.05) is 6.07 Å². The monoisotopic (exact) mass is 574 g/mol. The smallest absolute Gasteiger partial charge is 0.358 e. The average Bonchev–Trinajstić information content (AvgIpc) is 3.29. The van der Waals surface area contributed by atoms with Gasteiger partial charge in [0, 0.05) is 0 Å². The van der Waals surface area contributed by atoms with E-state index in [2.05, 4.69) is 92.7 Å². The van der Waals surface area contributed by atoms with Gasteiger partial charge in [-0.2, -0.15) is 30.3 Å². The molecule has 4 aromatic carbocycles. The second-order valence-corrected chi connectivity index (χ2v) is 7.67. The normalized spacial score (nSPS) is 12.9. The number of hydrogen-bond donors (Lipinski definition) is 0. The number of rotatable bonds is 4. The Bertz CT molecular complexity index is 978. The molecular formula is C30H34Hf. The molecule has 0 nitrogen and oxygen atoms in total. The molecular weight excluding hydrogens is 539 g/mol. The molecule has 0 aromatic heterocycles. The van der Waals surface area contributed by atoms with Crippen LogP contribution in [-0.4, -0.2) is 0 Å². The topological polar surface area (TPSA) is 0 Å². The largest absolute Gasteiger partial charge is 4.00 e. The van der Waals surface area contributed by atoms with E-state index in [9.17, 15) is 0 Å². The summed E-state index contributed by atoms with van der Waals surface area (Å²) in [5, 5.41) is 2.75. The molecule has 1 unspecified atom stereocenters. The standard InChI is InChI=1S/C16H15.C12H13.2CH3.Hf/c1-2-7-12-13-8-3-5-10-15(13)16-11-6-4-9-14(12)16;1-2-5-10-8-11-6-3-4-7-12(11)9-10;;;/h3-6,8,10-12H,2,7H2,1H3;3-4,6-9H,2,5H2,1H3;2*1H3;/q4*-1;+4. The van der Waals surface area contributed by atoms with Crippen molar-refractivity contribution >= 4 is 10.8 Å². The second kappa shape index (κ2) is 12.9. The Labute approximate surface area is 208 Å². The zero-order valence-corrected chi connectivity index (χ0v) is 23.0. The first-order valence-electron chi connectivity index (χ1n) is 10.6. The van der Waals surface area contributed by atoms with Gasteiger partial charge in [0.25, 0.3) is 0 Å². The molecule has 0 bridgehead atoms. The van der Waals surface area contributed by atoms with Gasteiger partial charge in [-0.25, -0.2) is 0 Å². The van der Waals surface area contributed by atoms with E-state index in [1.165, 1.54) is 64.3 Å². The van der Waals surface area contributed by atoms with Gasteiger partial charge in [0.1, 0.15) is 0 Å². The molecule has 1 aliphatic rings. The molecule has 158 valence electrons. The summed E-state index contributed by atoms with van der Waals surface area (Å²) in [5.41, 5.74) is 7.15. The third kappa shape index (κ3) is 5.89. The van der Waals surface area contributed by atoms with E-state index in [0.717, 1.165) is 0 Å². The average molecular weight is 573 g/mol. The summed E-state index contributed by atoms with van der Waals surface area (Å²) in [5.74, 6) is 0.567. The minimum absolute atomic E-state index is 0. The molecule has 0 amide bonds. The van der Waals surface area contributed by atoms with Crippen molar-refractivity contribution in [1.82, 2.24) is 0 Å². The Hall–Kier alpha value is -1.86. The van der Waals surface area contributed by atoms with Crippen molar-refractivity contribution in [3.05, 3.63) is 116 Å². The zero-order valence-electron chi connectivity index (χ0n) is 19.4. The fourth-order valence-electron chi connectivity index (χ4n) is 4.41. The Morgan fingerprint density at radius 1 is 0.839 bits per heavy atom. The third-order valence-electron chi connectivity index (χ3n) is 5.66. The molecule has 5 rings (SSSR count). The van der Waals surface area contributed by atoms with Gasteiger partial charge < -0.3 is 14.9 Å². The van der Waals surface area contributed by atoms with Gasteiger partial charge in [-0.15, -0.1) is 51.7 Å².